The highest BCUT2D eigenvalue weighted by molar-refractivity contribution is 5.75. The minimum atomic E-state index is -0.283. The zero-order valence-electron chi connectivity index (χ0n) is 13.6. The molecule has 2 amide bonds. The maximum absolute atomic E-state index is 12.7. The molecule has 1 fully saturated rings. The number of carbonyl (C=O) groups is 1. The number of urea groups is 1. The normalized spacial score (nSPS) is 18.9. The summed E-state index contributed by atoms with van der Waals surface area (Å²) in [5.41, 5.74) is 1.81. The minimum Gasteiger partial charge on any atom is -0.396 e. The van der Waals surface area contributed by atoms with Crippen LogP contribution in [0.5, 0.6) is 0 Å². The number of nitrogens with zero attached hydrogens (tertiary/aromatic N) is 2. The Kier molecular flexibility index (Phi) is 5.43. The van der Waals surface area contributed by atoms with Crippen molar-refractivity contribution in [3.05, 3.63) is 66.0 Å². The highest BCUT2D eigenvalue weighted by Crippen LogP contribution is 2.22. The lowest BCUT2D eigenvalue weighted by Crippen LogP contribution is -2.47. The smallest absolute Gasteiger partial charge is 0.318 e. The zero-order valence-corrected chi connectivity index (χ0v) is 13.6. The molecule has 24 heavy (non-hydrogen) atoms. The Morgan fingerprint density at radius 2 is 2.04 bits per heavy atom. The van der Waals surface area contributed by atoms with Crippen LogP contribution in [0.25, 0.3) is 0 Å². The van der Waals surface area contributed by atoms with Crippen LogP contribution in [0.15, 0.2) is 54.7 Å². The first-order valence-corrected chi connectivity index (χ1v) is 8.40. The van der Waals surface area contributed by atoms with Gasteiger partial charge in [0.05, 0.1) is 11.7 Å². The van der Waals surface area contributed by atoms with Crippen molar-refractivity contribution in [2.75, 3.05) is 19.7 Å². The molecule has 2 unspecified atom stereocenters. The predicted octanol–water partition coefficient (Wildman–Crippen LogP) is 2.58. The summed E-state index contributed by atoms with van der Waals surface area (Å²) in [6.45, 7) is 1.46. The first-order valence-electron chi connectivity index (χ1n) is 8.40. The van der Waals surface area contributed by atoms with E-state index in [2.05, 4.69) is 10.3 Å². The third-order valence-corrected chi connectivity index (χ3v) is 4.45. The summed E-state index contributed by atoms with van der Waals surface area (Å²) >= 11 is 0. The third-order valence-electron chi connectivity index (χ3n) is 4.45. The Hall–Kier alpha value is -2.40. The van der Waals surface area contributed by atoms with Gasteiger partial charge in [-0.05, 0) is 36.5 Å². The van der Waals surface area contributed by atoms with Gasteiger partial charge in [0.2, 0.25) is 0 Å². The van der Waals surface area contributed by atoms with E-state index in [1.807, 2.05) is 48.5 Å². The summed E-state index contributed by atoms with van der Waals surface area (Å²) in [4.78, 5) is 18.9. The summed E-state index contributed by atoms with van der Waals surface area (Å²) in [6, 6.07) is 15.2. The van der Waals surface area contributed by atoms with Crippen molar-refractivity contribution in [2.45, 2.75) is 18.9 Å². The maximum atomic E-state index is 12.7. The summed E-state index contributed by atoms with van der Waals surface area (Å²) in [7, 11) is 0. The number of likely N-dealkylation sites (tertiary alicyclic amines) is 1. The van der Waals surface area contributed by atoms with Gasteiger partial charge in [0.1, 0.15) is 0 Å². The van der Waals surface area contributed by atoms with Gasteiger partial charge in [-0.3, -0.25) is 4.98 Å². The number of amides is 2. The Balaban J connectivity index is 1.78. The number of aliphatic hydroxyl groups excluding tert-OH is 1. The van der Waals surface area contributed by atoms with E-state index in [1.54, 1.807) is 11.1 Å². The topological polar surface area (TPSA) is 65.5 Å². The van der Waals surface area contributed by atoms with E-state index in [-0.39, 0.29) is 24.6 Å². The highest BCUT2D eigenvalue weighted by atomic mass is 16.3. The SMILES string of the molecule is O=C(NC(c1ccccc1)c1ccccn1)N1CCCC(CO)C1. The minimum absolute atomic E-state index is 0.104. The number of hydrogen-bond donors (Lipinski definition) is 2. The number of rotatable bonds is 4. The van der Waals surface area contributed by atoms with E-state index in [9.17, 15) is 9.90 Å². The molecule has 0 bridgehead atoms. The molecule has 1 saturated heterocycles. The van der Waals surface area contributed by atoms with Crippen LogP contribution < -0.4 is 5.32 Å². The summed E-state index contributed by atoms with van der Waals surface area (Å²) < 4.78 is 0. The van der Waals surface area contributed by atoms with Crippen molar-refractivity contribution in [1.29, 1.82) is 0 Å². The van der Waals surface area contributed by atoms with Crippen LogP contribution in [0.1, 0.15) is 30.1 Å². The lowest BCUT2D eigenvalue weighted by molar-refractivity contribution is 0.128. The molecule has 126 valence electrons. The van der Waals surface area contributed by atoms with Crippen LogP contribution in [0, 0.1) is 5.92 Å². The van der Waals surface area contributed by atoms with E-state index < -0.39 is 0 Å². The van der Waals surface area contributed by atoms with Gasteiger partial charge in [0.15, 0.2) is 0 Å². The maximum Gasteiger partial charge on any atom is 0.318 e. The van der Waals surface area contributed by atoms with Crippen molar-refractivity contribution < 1.29 is 9.90 Å². The molecule has 0 radical (unpaired) electrons. The Labute approximate surface area is 142 Å². The van der Waals surface area contributed by atoms with Crippen LogP contribution in [-0.4, -0.2) is 40.7 Å². The molecule has 0 spiro atoms. The van der Waals surface area contributed by atoms with Crippen molar-refractivity contribution in [3.8, 4) is 0 Å². The number of pyridine rings is 1. The molecule has 3 rings (SSSR count). The molecule has 0 saturated carbocycles. The highest BCUT2D eigenvalue weighted by Gasteiger charge is 2.26. The summed E-state index contributed by atoms with van der Waals surface area (Å²) in [6.07, 6.45) is 3.64. The lowest BCUT2D eigenvalue weighted by Gasteiger charge is -2.33. The Bertz CT molecular complexity index is 609. The van der Waals surface area contributed by atoms with Gasteiger partial charge in [0, 0.05) is 25.9 Å². The fraction of sp³-hybridized carbons (Fsp3) is 0.368. The fourth-order valence-corrected chi connectivity index (χ4v) is 3.13. The molecule has 5 nitrogen and oxygen atoms in total. The Morgan fingerprint density at radius 3 is 2.75 bits per heavy atom. The number of benzene rings is 1. The quantitative estimate of drug-likeness (QED) is 0.908. The van der Waals surface area contributed by atoms with Crippen LogP contribution in [0.2, 0.25) is 0 Å². The largest absolute Gasteiger partial charge is 0.396 e. The molecule has 1 aromatic heterocycles. The van der Waals surface area contributed by atoms with E-state index in [0.29, 0.717) is 6.54 Å². The predicted molar refractivity (Wildman–Crippen MR) is 92.4 cm³/mol. The van der Waals surface area contributed by atoms with Gasteiger partial charge in [-0.15, -0.1) is 0 Å². The molecule has 5 heteroatoms. The van der Waals surface area contributed by atoms with E-state index in [4.69, 9.17) is 0 Å². The summed E-state index contributed by atoms with van der Waals surface area (Å²) in [5.74, 6) is 0.175. The van der Waals surface area contributed by atoms with Crippen molar-refractivity contribution >= 4 is 6.03 Å². The molecular formula is C19H23N3O2. The first-order chi connectivity index (χ1) is 11.8. The third kappa shape index (κ3) is 3.92. The first kappa shape index (κ1) is 16.5. The number of piperidine rings is 1. The number of aromatic nitrogens is 1. The molecule has 1 aromatic carbocycles. The molecular weight excluding hydrogens is 302 g/mol. The van der Waals surface area contributed by atoms with Crippen LogP contribution >= 0.6 is 0 Å². The fourth-order valence-electron chi connectivity index (χ4n) is 3.13. The van der Waals surface area contributed by atoms with Gasteiger partial charge in [0.25, 0.3) is 0 Å². The second-order valence-electron chi connectivity index (χ2n) is 6.18. The molecule has 1 aliphatic rings. The molecule has 2 heterocycles. The van der Waals surface area contributed by atoms with E-state index in [0.717, 1.165) is 30.6 Å². The second-order valence-corrected chi connectivity index (χ2v) is 6.18. The average Bonchev–Trinajstić information content (AvgIpc) is 2.67. The number of hydrogen-bond acceptors (Lipinski definition) is 3. The van der Waals surface area contributed by atoms with Crippen molar-refractivity contribution in [2.24, 2.45) is 5.92 Å². The van der Waals surface area contributed by atoms with Crippen LogP contribution in [-0.2, 0) is 0 Å². The van der Waals surface area contributed by atoms with Gasteiger partial charge >= 0.3 is 6.03 Å². The van der Waals surface area contributed by atoms with Gasteiger partial charge in [-0.2, -0.15) is 0 Å². The number of nitrogens with one attached hydrogen (secondary N) is 1. The van der Waals surface area contributed by atoms with E-state index in [1.165, 1.54) is 0 Å². The van der Waals surface area contributed by atoms with Crippen molar-refractivity contribution in [3.63, 3.8) is 0 Å². The molecule has 1 aliphatic heterocycles. The number of carbonyl (C=O) groups excluding carboxylic acids is 1. The molecule has 2 N–H and O–H groups in total. The van der Waals surface area contributed by atoms with Crippen LogP contribution in [0.3, 0.4) is 0 Å². The summed E-state index contributed by atoms with van der Waals surface area (Å²) in [5, 5.41) is 12.5. The van der Waals surface area contributed by atoms with Gasteiger partial charge < -0.3 is 15.3 Å². The standard InChI is InChI=1S/C19H23N3O2/c23-14-15-7-6-12-22(13-15)19(24)21-18(16-8-2-1-3-9-16)17-10-4-5-11-20-17/h1-5,8-11,15,18,23H,6-7,12-14H2,(H,21,24). The number of aliphatic hydroxyl groups is 1. The average molecular weight is 325 g/mol. The van der Waals surface area contributed by atoms with Crippen LogP contribution in [0.4, 0.5) is 4.79 Å². The second kappa shape index (κ2) is 7.93. The Morgan fingerprint density at radius 1 is 1.25 bits per heavy atom. The monoisotopic (exact) mass is 325 g/mol. The molecule has 2 atom stereocenters. The lowest BCUT2D eigenvalue weighted by atomic mass is 9.99. The van der Waals surface area contributed by atoms with E-state index >= 15 is 0 Å². The van der Waals surface area contributed by atoms with Crippen molar-refractivity contribution in [1.82, 2.24) is 15.2 Å². The zero-order chi connectivity index (χ0) is 16.8. The van der Waals surface area contributed by atoms with Gasteiger partial charge in [-0.1, -0.05) is 36.4 Å². The molecule has 0 aliphatic carbocycles. The van der Waals surface area contributed by atoms with Gasteiger partial charge in [-0.25, -0.2) is 4.79 Å². The molecule has 2 aromatic rings.